The summed E-state index contributed by atoms with van der Waals surface area (Å²) in [4.78, 5) is 11.6. The smallest absolute Gasteiger partial charge is 0.411 e. The topological polar surface area (TPSA) is 67.8 Å². The number of unbranched alkanes of at least 4 members (excludes halogenated alkanes) is 3. The standard InChI is InChI=1S/C14H21NO4/c1-3-4-5-6-10-19-14(17)15-11-8-7-9-12(16)13(11)18-2/h7-9,16H,3-6,10H2,1-2H3,(H,15,17). The van der Waals surface area contributed by atoms with Crippen LogP contribution < -0.4 is 10.1 Å². The van der Waals surface area contributed by atoms with Crippen LogP contribution in [0.2, 0.25) is 0 Å². The monoisotopic (exact) mass is 267 g/mol. The molecule has 0 aliphatic rings. The first-order valence-electron chi connectivity index (χ1n) is 6.48. The molecule has 0 heterocycles. The lowest BCUT2D eigenvalue weighted by Gasteiger charge is -2.11. The highest BCUT2D eigenvalue weighted by Crippen LogP contribution is 2.33. The first-order chi connectivity index (χ1) is 9.19. The summed E-state index contributed by atoms with van der Waals surface area (Å²) in [5, 5.41) is 12.1. The SMILES string of the molecule is CCCCCCOC(=O)Nc1cccc(O)c1OC. The number of carbonyl (C=O) groups is 1. The Morgan fingerprint density at radius 2 is 2.11 bits per heavy atom. The van der Waals surface area contributed by atoms with Gasteiger partial charge in [-0.25, -0.2) is 4.79 Å². The average molecular weight is 267 g/mol. The quantitative estimate of drug-likeness (QED) is 0.741. The summed E-state index contributed by atoms with van der Waals surface area (Å²) in [6.45, 7) is 2.52. The number of rotatable bonds is 7. The molecule has 0 saturated heterocycles. The molecular formula is C14H21NO4. The van der Waals surface area contributed by atoms with E-state index in [0.29, 0.717) is 12.3 Å². The van der Waals surface area contributed by atoms with Crippen molar-refractivity contribution in [2.75, 3.05) is 19.0 Å². The summed E-state index contributed by atoms with van der Waals surface area (Å²) in [5.74, 6) is 0.202. The van der Waals surface area contributed by atoms with Crippen LogP contribution >= 0.6 is 0 Å². The average Bonchev–Trinajstić information content (AvgIpc) is 2.39. The minimum Gasteiger partial charge on any atom is -0.504 e. The van der Waals surface area contributed by atoms with Crippen LogP contribution in [0.15, 0.2) is 18.2 Å². The molecule has 0 unspecified atom stereocenters. The Morgan fingerprint density at radius 1 is 1.32 bits per heavy atom. The molecule has 0 spiro atoms. The Labute approximate surface area is 113 Å². The van der Waals surface area contributed by atoms with Gasteiger partial charge in [0, 0.05) is 0 Å². The van der Waals surface area contributed by atoms with Crippen molar-refractivity contribution in [1.29, 1.82) is 0 Å². The predicted molar refractivity (Wildman–Crippen MR) is 73.8 cm³/mol. The number of hydrogen-bond donors (Lipinski definition) is 2. The van der Waals surface area contributed by atoms with E-state index in [2.05, 4.69) is 12.2 Å². The maximum absolute atomic E-state index is 11.6. The fourth-order valence-corrected chi connectivity index (χ4v) is 1.68. The third-order valence-electron chi connectivity index (χ3n) is 2.67. The van der Waals surface area contributed by atoms with Gasteiger partial charge in [0.25, 0.3) is 0 Å². The second kappa shape index (κ2) is 8.24. The molecule has 5 nitrogen and oxygen atoms in total. The summed E-state index contributed by atoms with van der Waals surface area (Å²) < 4.78 is 10.1. The molecule has 1 amide bonds. The molecule has 0 aliphatic heterocycles. The third kappa shape index (κ3) is 5.07. The number of benzene rings is 1. The highest BCUT2D eigenvalue weighted by Gasteiger charge is 2.11. The number of aromatic hydroxyl groups is 1. The van der Waals surface area contributed by atoms with E-state index in [1.807, 2.05) is 0 Å². The molecule has 0 aromatic heterocycles. The Balaban J connectivity index is 2.42. The van der Waals surface area contributed by atoms with Crippen molar-refractivity contribution in [3.63, 3.8) is 0 Å². The fraction of sp³-hybridized carbons (Fsp3) is 0.500. The van der Waals surface area contributed by atoms with Gasteiger partial charge in [0.1, 0.15) is 0 Å². The van der Waals surface area contributed by atoms with E-state index in [1.54, 1.807) is 12.1 Å². The third-order valence-corrected chi connectivity index (χ3v) is 2.67. The number of methoxy groups -OCH3 is 1. The lowest BCUT2D eigenvalue weighted by Crippen LogP contribution is -2.15. The van der Waals surface area contributed by atoms with Gasteiger partial charge in [-0.15, -0.1) is 0 Å². The van der Waals surface area contributed by atoms with Gasteiger partial charge in [-0.05, 0) is 18.6 Å². The van der Waals surface area contributed by atoms with Gasteiger partial charge in [-0.1, -0.05) is 32.3 Å². The highest BCUT2D eigenvalue weighted by atomic mass is 16.5. The Hall–Kier alpha value is -1.91. The largest absolute Gasteiger partial charge is 0.504 e. The van der Waals surface area contributed by atoms with Gasteiger partial charge in [-0.3, -0.25) is 5.32 Å². The first-order valence-corrected chi connectivity index (χ1v) is 6.48. The van der Waals surface area contributed by atoms with Gasteiger partial charge >= 0.3 is 6.09 Å². The molecule has 1 aromatic carbocycles. The summed E-state index contributed by atoms with van der Waals surface area (Å²) in [5.41, 5.74) is 0.390. The molecule has 0 fully saturated rings. The summed E-state index contributed by atoms with van der Waals surface area (Å²) in [6, 6.07) is 4.74. The van der Waals surface area contributed by atoms with Crippen LogP contribution in [0.5, 0.6) is 11.5 Å². The van der Waals surface area contributed by atoms with E-state index in [4.69, 9.17) is 9.47 Å². The van der Waals surface area contributed by atoms with Gasteiger partial charge < -0.3 is 14.6 Å². The van der Waals surface area contributed by atoms with Crippen molar-refractivity contribution in [1.82, 2.24) is 0 Å². The lowest BCUT2D eigenvalue weighted by atomic mass is 10.2. The zero-order valence-electron chi connectivity index (χ0n) is 11.4. The molecule has 19 heavy (non-hydrogen) atoms. The van der Waals surface area contributed by atoms with Crippen LogP contribution in [-0.2, 0) is 4.74 Å². The normalized spacial score (nSPS) is 10.0. The molecular weight excluding hydrogens is 246 g/mol. The fourth-order valence-electron chi connectivity index (χ4n) is 1.68. The van der Waals surface area contributed by atoms with Crippen LogP contribution in [-0.4, -0.2) is 24.9 Å². The van der Waals surface area contributed by atoms with Crippen molar-refractivity contribution in [2.24, 2.45) is 0 Å². The summed E-state index contributed by atoms with van der Waals surface area (Å²) in [7, 11) is 1.43. The Bertz CT molecular complexity index is 406. The van der Waals surface area contributed by atoms with E-state index in [1.165, 1.54) is 13.2 Å². The number of anilines is 1. The van der Waals surface area contributed by atoms with E-state index < -0.39 is 6.09 Å². The number of hydrogen-bond acceptors (Lipinski definition) is 4. The molecule has 106 valence electrons. The van der Waals surface area contributed by atoms with Crippen LogP contribution in [0, 0.1) is 0 Å². The number of para-hydroxylation sites is 1. The van der Waals surface area contributed by atoms with Gasteiger partial charge in [0.05, 0.1) is 19.4 Å². The van der Waals surface area contributed by atoms with Crippen molar-refractivity contribution in [3.05, 3.63) is 18.2 Å². The van der Waals surface area contributed by atoms with Crippen molar-refractivity contribution in [2.45, 2.75) is 32.6 Å². The molecule has 0 aliphatic carbocycles. The zero-order valence-corrected chi connectivity index (χ0v) is 11.4. The number of nitrogens with one attached hydrogen (secondary N) is 1. The molecule has 0 radical (unpaired) electrons. The molecule has 1 aromatic rings. The van der Waals surface area contributed by atoms with Crippen LogP contribution in [0.3, 0.4) is 0 Å². The Morgan fingerprint density at radius 3 is 2.79 bits per heavy atom. The zero-order chi connectivity index (χ0) is 14.1. The number of ether oxygens (including phenoxy) is 2. The lowest BCUT2D eigenvalue weighted by molar-refractivity contribution is 0.159. The number of amides is 1. The minimum absolute atomic E-state index is 0.0248. The molecule has 0 bridgehead atoms. The van der Waals surface area contributed by atoms with Gasteiger partial charge in [0.15, 0.2) is 11.5 Å². The Kier molecular flexibility index (Phi) is 6.57. The van der Waals surface area contributed by atoms with Gasteiger partial charge in [0.2, 0.25) is 0 Å². The first kappa shape index (κ1) is 15.1. The van der Waals surface area contributed by atoms with Crippen molar-refractivity contribution < 1.29 is 19.4 Å². The molecule has 2 N–H and O–H groups in total. The van der Waals surface area contributed by atoms with Crippen molar-refractivity contribution >= 4 is 11.8 Å². The minimum atomic E-state index is -0.541. The molecule has 0 atom stereocenters. The van der Waals surface area contributed by atoms with Crippen LogP contribution in [0.1, 0.15) is 32.6 Å². The maximum atomic E-state index is 11.6. The number of phenolic OH excluding ortho intramolecular Hbond substituents is 1. The molecule has 5 heteroatoms. The number of phenols is 1. The van der Waals surface area contributed by atoms with E-state index in [9.17, 15) is 9.90 Å². The van der Waals surface area contributed by atoms with E-state index >= 15 is 0 Å². The van der Waals surface area contributed by atoms with E-state index in [-0.39, 0.29) is 11.5 Å². The second-order valence-corrected chi connectivity index (χ2v) is 4.18. The predicted octanol–water partition coefficient (Wildman–Crippen LogP) is 3.53. The number of carbonyl (C=O) groups excluding carboxylic acids is 1. The summed E-state index contributed by atoms with van der Waals surface area (Å²) >= 11 is 0. The summed E-state index contributed by atoms with van der Waals surface area (Å²) in [6.07, 6.45) is 3.66. The van der Waals surface area contributed by atoms with Crippen molar-refractivity contribution in [3.8, 4) is 11.5 Å². The van der Waals surface area contributed by atoms with E-state index in [0.717, 1.165) is 25.7 Å². The second-order valence-electron chi connectivity index (χ2n) is 4.18. The molecule has 0 saturated carbocycles. The van der Waals surface area contributed by atoms with Crippen LogP contribution in [0.25, 0.3) is 0 Å². The molecule has 1 rings (SSSR count). The maximum Gasteiger partial charge on any atom is 0.411 e. The van der Waals surface area contributed by atoms with Crippen LogP contribution in [0.4, 0.5) is 10.5 Å². The highest BCUT2D eigenvalue weighted by molar-refractivity contribution is 5.87. The van der Waals surface area contributed by atoms with Gasteiger partial charge in [-0.2, -0.15) is 0 Å².